The summed E-state index contributed by atoms with van der Waals surface area (Å²) in [7, 11) is 0. The maximum Gasteiger partial charge on any atom is 0.347 e. The van der Waals surface area contributed by atoms with E-state index in [0.717, 1.165) is 6.20 Å². The summed E-state index contributed by atoms with van der Waals surface area (Å²) in [6, 6.07) is 0. The Morgan fingerprint density at radius 3 is 2.27 bits per heavy atom. The van der Waals surface area contributed by atoms with E-state index in [-0.39, 0.29) is 21.1 Å². The van der Waals surface area contributed by atoms with E-state index in [0.29, 0.717) is 4.68 Å². The van der Waals surface area contributed by atoms with E-state index in [9.17, 15) is 19.8 Å². The maximum atomic E-state index is 11.4. The van der Waals surface area contributed by atoms with Crippen molar-refractivity contribution in [3.05, 3.63) is 27.0 Å². The van der Waals surface area contributed by atoms with E-state index in [1.165, 1.54) is 25.7 Å². The van der Waals surface area contributed by atoms with Gasteiger partial charge in [-0.15, -0.1) is 0 Å². The third-order valence-electron chi connectivity index (χ3n) is 3.91. The summed E-state index contributed by atoms with van der Waals surface area (Å²) in [6.45, 7) is 4.07. The summed E-state index contributed by atoms with van der Waals surface area (Å²) < 4.78 is 9.02. The number of aliphatic hydroxyl groups excluding tert-OH is 3. The zero-order chi connectivity index (χ0) is 19.5. The number of ether oxygens (including phenoxy) is 1. The molecule has 0 saturated carbocycles. The van der Waals surface area contributed by atoms with E-state index in [2.05, 4.69) is 18.9 Å². The Bertz CT molecular complexity index is 616. The van der Waals surface area contributed by atoms with Crippen molar-refractivity contribution in [3.8, 4) is 0 Å². The van der Waals surface area contributed by atoms with Crippen LogP contribution in [0.2, 0.25) is 8.87 Å². The molecule has 1 aliphatic rings. The number of unbranched alkanes of at least 4 members (excludes halogenated alkanes) is 2. The fourth-order valence-corrected chi connectivity index (χ4v) is 6.51. The van der Waals surface area contributed by atoms with Crippen LogP contribution in [0.3, 0.4) is 0 Å². The van der Waals surface area contributed by atoms with E-state index in [4.69, 9.17) is 9.84 Å². The van der Waals surface area contributed by atoms with Crippen molar-refractivity contribution < 1.29 is 20.1 Å². The summed E-state index contributed by atoms with van der Waals surface area (Å²) in [5.41, 5.74) is -1.55. The van der Waals surface area contributed by atoms with E-state index in [1.54, 1.807) is 8.87 Å². The van der Waals surface area contributed by atoms with Crippen LogP contribution in [0.15, 0.2) is 15.8 Å². The molecule has 0 amide bonds. The molecule has 1 fully saturated rings. The van der Waals surface area contributed by atoms with Gasteiger partial charge in [-0.2, -0.15) is 9.78 Å². The quantitative estimate of drug-likeness (QED) is 0.297. The number of nitrogens with one attached hydrogen (secondary N) is 1. The summed E-state index contributed by atoms with van der Waals surface area (Å²) in [5, 5.41) is 31.5. The number of hydrogen-bond acceptors (Lipinski definition) is 7. The van der Waals surface area contributed by atoms with Crippen LogP contribution in [0.1, 0.15) is 45.8 Å². The minimum absolute atomic E-state index is 0.149. The molecule has 4 N–H and O–H groups in total. The molecule has 1 aromatic rings. The second-order valence-electron chi connectivity index (χ2n) is 6.07. The van der Waals surface area contributed by atoms with Crippen LogP contribution in [0.25, 0.3) is 0 Å². The van der Waals surface area contributed by atoms with Gasteiger partial charge in [0.15, 0.2) is 6.23 Å². The normalized spacial score (nSPS) is 25.0. The molecular formula is C16H29N3O6Sn. The first-order valence-electron chi connectivity index (χ1n) is 8.97. The summed E-state index contributed by atoms with van der Waals surface area (Å²) in [5.74, 6) is 0. The number of aliphatic hydroxyl groups is 3. The van der Waals surface area contributed by atoms with Gasteiger partial charge < -0.3 is 20.1 Å². The first-order chi connectivity index (χ1) is 12.5. The molecule has 0 spiro atoms. The summed E-state index contributed by atoms with van der Waals surface area (Å²) in [4.78, 5) is 24.1. The first kappa shape index (κ1) is 23.3. The van der Waals surface area contributed by atoms with Gasteiger partial charge in [-0.05, 0) is 0 Å². The topological polar surface area (TPSA) is 138 Å². The SMILES string of the molecule is CCC[CH2][Sn][CH2]CCC.O=c1cnn(C2OC(CO)C(O)C2O)c(=O)[nH]1. The number of aromatic nitrogens is 3. The van der Waals surface area contributed by atoms with Crippen LogP contribution in [0, 0.1) is 0 Å². The summed E-state index contributed by atoms with van der Waals surface area (Å²) >= 11 is 0.149. The molecule has 1 aromatic heterocycles. The minimum atomic E-state index is -1.41. The van der Waals surface area contributed by atoms with Crippen molar-refractivity contribution in [1.29, 1.82) is 0 Å². The number of rotatable bonds is 8. The monoisotopic (exact) mass is 479 g/mol. The standard InChI is InChI=1S/C8H11N3O6.2C4H9.Sn/c12-2-3-5(14)6(15)7(17-3)11-8(16)10-4(13)1-9-11;2*1-3-4-2;/h1,3,5-7,12,14-15H,2H2,(H,10,13,16);2*1,3-4H2,2H3;. The van der Waals surface area contributed by atoms with Crippen molar-refractivity contribution in [2.75, 3.05) is 6.61 Å². The second kappa shape index (κ2) is 12.6. The van der Waals surface area contributed by atoms with Crippen LogP contribution in [-0.4, -0.2) is 76.1 Å². The zero-order valence-electron chi connectivity index (χ0n) is 15.3. The van der Waals surface area contributed by atoms with Crippen LogP contribution >= 0.6 is 0 Å². The van der Waals surface area contributed by atoms with Crippen LogP contribution in [0.4, 0.5) is 0 Å². The number of aromatic amines is 1. The third-order valence-corrected chi connectivity index (χ3v) is 7.95. The average molecular weight is 478 g/mol. The molecular weight excluding hydrogens is 449 g/mol. The predicted molar refractivity (Wildman–Crippen MR) is 97.3 cm³/mol. The fraction of sp³-hybridized carbons (Fsp3) is 0.812. The van der Waals surface area contributed by atoms with E-state index in [1.807, 2.05) is 4.98 Å². The third kappa shape index (κ3) is 7.10. The molecule has 0 aromatic carbocycles. The Hall–Kier alpha value is -0.751. The molecule has 0 aliphatic carbocycles. The first-order valence-corrected chi connectivity index (χ1v) is 13.0. The molecule has 148 valence electrons. The zero-order valence-corrected chi connectivity index (χ0v) is 18.2. The number of H-pyrrole nitrogens is 1. The second-order valence-corrected chi connectivity index (χ2v) is 10.4. The van der Waals surface area contributed by atoms with Gasteiger partial charge in [0.05, 0.1) is 6.61 Å². The van der Waals surface area contributed by atoms with Gasteiger partial charge in [-0.3, -0.25) is 9.78 Å². The van der Waals surface area contributed by atoms with Gasteiger partial charge in [-0.1, -0.05) is 0 Å². The number of nitrogens with zero attached hydrogens (tertiary/aromatic N) is 2. The number of hydrogen-bond donors (Lipinski definition) is 4. The smallest absolute Gasteiger partial charge is 0.347 e. The van der Waals surface area contributed by atoms with Gasteiger partial charge in [0.2, 0.25) is 0 Å². The largest absolute Gasteiger partial charge is 0.394 e. The summed E-state index contributed by atoms with van der Waals surface area (Å²) in [6.07, 6.45) is 1.69. The van der Waals surface area contributed by atoms with Gasteiger partial charge in [0, 0.05) is 0 Å². The van der Waals surface area contributed by atoms with Crippen LogP contribution in [0.5, 0.6) is 0 Å². The Morgan fingerprint density at radius 2 is 1.81 bits per heavy atom. The fourth-order valence-electron chi connectivity index (χ4n) is 2.35. The van der Waals surface area contributed by atoms with Crippen molar-refractivity contribution in [3.63, 3.8) is 0 Å². The van der Waals surface area contributed by atoms with Crippen molar-refractivity contribution >= 4 is 21.1 Å². The molecule has 0 bridgehead atoms. The van der Waals surface area contributed by atoms with E-state index >= 15 is 0 Å². The predicted octanol–water partition coefficient (Wildman–Crippen LogP) is -0.329. The van der Waals surface area contributed by atoms with Crippen LogP contribution < -0.4 is 11.2 Å². The Labute approximate surface area is 162 Å². The van der Waals surface area contributed by atoms with Crippen LogP contribution in [-0.2, 0) is 4.74 Å². The molecule has 1 aliphatic heterocycles. The Balaban J connectivity index is 0.000000321. The average Bonchev–Trinajstić information content (AvgIpc) is 2.90. The molecule has 2 heterocycles. The van der Waals surface area contributed by atoms with Gasteiger partial charge in [0.25, 0.3) is 5.56 Å². The molecule has 4 unspecified atom stereocenters. The van der Waals surface area contributed by atoms with Gasteiger partial charge in [0.1, 0.15) is 24.5 Å². The van der Waals surface area contributed by atoms with Crippen molar-refractivity contribution in [1.82, 2.24) is 14.8 Å². The van der Waals surface area contributed by atoms with Crippen molar-refractivity contribution in [2.45, 2.75) is 72.9 Å². The minimum Gasteiger partial charge on any atom is -0.394 e. The molecule has 2 radical (unpaired) electrons. The molecule has 9 nitrogen and oxygen atoms in total. The Morgan fingerprint density at radius 1 is 1.19 bits per heavy atom. The van der Waals surface area contributed by atoms with Gasteiger partial charge >= 0.3 is 75.2 Å². The molecule has 10 heteroatoms. The van der Waals surface area contributed by atoms with E-state index < -0.39 is 42.4 Å². The maximum absolute atomic E-state index is 11.4. The van der Waals surface area contributed by atoms with Gasteiger partial charge in [-0.25, -0.2) is 4.79 Å². The van der Waals surface area contributed by atoms with Crippen molar-refractivity contribution in [2.24, 2.45) is 0 Å². The molecule has 4 atom stereocenters. The molecule has 2 rings (SSSR count). The molecule has 1 saturated heterocycles. The molecule has 26 heavy (non-hydrogen) atoms. The Kier molecular flexibility index (Phi) is 11.3.